The maximum atomic E-state index is 12.0. The standard InChI is InChI=1S/C12H17NO2/c1-7(2)12(14)11-8(3)13-10-4-5-15-6-9(10)11/h7,13H,4-6H2,1-3H3. The molecule has 0 aromatic carbocycles. The van der Waals surface area contributed by atoms with E-state index in [2.05, 4.69) is 4.98 Å². The normalized spacial score (nSPS) is 15.5. The number of H-pyrrole nitrogens is 1. The van der Waals surface area contributed by atoms with Crippen LogP contribution in [0.4, 0.5) is 0 Å². The Kier molecular flexibility index (Phi) is 2.65. The van der Waals surface area contributed by atoms with E-state index in [0.717, 1.165) is 29.8 Å². The minimum Gasteiger partial charge on any atom is -0.376 e. The fourth-order valence-electron chi connectivity index (χ4n) is 2.08. The number of ether oxygens (including phenoxy) is 1. The average Bonchev–Trinajstić information content (AvgIpc) is 2.52. The molecule has 1 aromatic rings. The van der Waals surface area contributed by atoms with E-state index in [1.165, 1.54) is 5.69 Å². The molecule has 0 spiro atoms. The summed E-state index contributed by atoms with van der Waals surface area (Å²) in [5.41, 5.74) is 4.11. The summed E-state index contributed by atoms with van der Waals surface area (Å²) in [4.78, 5) is 15.3. The number of aryl methyl sites for hydroxylation is 1. The third-order valence-electron chi connectivity index (χ3n) is 2.89. The molecule has 1 aliphatic rings. The van der Waals surface area contributed by atoms with E-state index in [9.17, 15) is 4.79 Å². The number of aromatic nitrogens is 1. The third kappa shape index (κ3) is 1.72. The van der Waals surface area contributed by atoms with Gasteiger partial charge in [0, 0.05) is 34.9 Å². The van der Waals surface area contributed by atoms with Gasteiger partial charge in [-0.15, -0.1) is 0 Å². The van der Waals surface area contributed by atoms with Crippen molar-refractivity contribution in [1.82, 2.24) is 4.98 Å². The van der Waals surface area contributed by atoms with Crippen molar-refractivity contribution in [2.45, 2.75) is 33.8 Å². The molecule has 0 saturated carbocycles. The van der Waals surface area contributed by atoms with Gasteiger partial charge in [0.15, 0.2) is 5.78 Å². The van der Waals surface area contributed by atoms with Crippen molar-refractivity contribution in [3.63, 3.8) is 0 Å². The number of carbonyl (C=O) groups is 1. The van der Waals surface area contributed by atoms with Gasteiger partial charge in [0.05, 0.1) is 13.2 Å². The Morgan fingerprint density at radius 2 is 2.20 bits per heavy atom. The maximum Gasteiger partial charge on any atom is 0.167 e. The highest BCUT2D eigenvalue weighted by Crippen LogP contribution is 2.25. The van der Waals surface area contributed by atoms with Crippen LogP contribution >= 0.6 is 0 Å². The van der Waals surface area contributed by atoms with Crippen LogP contribution in [0.25, 0.3) is 0 Å². The van der Waals surface area contributed by atoms with Crippen LogP contribution in [0.2, 0.25) is 0 Å². The van der Waals surface area contributed by atoms with E-state index in [1.807, 2.05) is 20.8 Å². The molecule has 2 rings (SSSR count). The summed E-state index contributed by atoms with van der Waals surface area (Å²) in [5.74, 6) is 0.265. The highest BCUT2D eigenvalue weighted by atomic mass is 16.5. The average molecular weight is 207 g/mol. The molecule has 3 heteroatoms. The van der Waals surface area contributed by atoms with E-state index >= 15 is 0 Å². The second-order valence-corrected chi connectivity index (χ2v) is 4.40. The Labute approximate surface area is 89.8 Å². The van der Waals surface area contributed by atoms with Crippen LogP contribution in [0.5, 0.6) is 0 Å². The number of Topliss-reactive ketones (excluding diaryl/α,β-unsaturated/α-hetero) is 1. The lowest BCUT2D eigenvalue weighted by Crippen LogP contribution is -2.14. The number of nitrogens with one attached hydrogen (secondary N) is 1. The van der Waals surface area contributed by atoms with E-state index in [-0.39, 0.29) is 11.7 Å². The highest BCUT2D eigenvalue weighted by molar-refractivity contribution is 6.00. The molecule has 0 amide bonds. The zero-order valence-corrected chi connectivity index (χ0v) is 9.52. The molecular formula is C12H17NO2. The topological polar surface area (TPSA) is 42.1 Å². The number of carbonyl (C=O) groups excluding carboxylic acids is 1. The van der Waals surface area contributed by atoms with Gasteiger partial charge in [-0.05, 0) is 6.92 Å². The van der Waals surface area contributed by atoms with Crippen LogP contribution in [0.15, 0.2) is 0 Å². The fourth-order valence-corrected chi connectivity index (χ4v) is 2.08. The van der Waals surface area contributed by atoms with Gasteiger partial charge in [0.1, 0.15) is 0 Å². The molecule has 0 bridgehead atoms. The number of hydrogen-bond donors (Lipinski definition) is 1. The summed E-state index contributed by atoms with van der Waals surface area (Å²) in [6.45, 7) is 7.17. The first kappa shape index (κ1) is 10.4. The van der Waals surface area contributed by atoms with Crippen molar-refractivity contribution in [2.75, 3.05) is 6.61 Å². The Morgan fingerprint density at radius 1 is 1.47 bits per heavy atom. The van der Waals surface area contributed by atoms with Gasteiger partial charge < -0.3 is 9.72 Å². The van der Waals surface area contributed by atoms with Crippen LogP contribution < -0.4 is 0 Å². The first-order chi connectivity index (χ1) is 7.11. The fraction of sp³-hybridized carbons (Fsp3) is 0.583. The second kappa shape index (κ2) is 3.81. The largest absolute Gasteiger partial charge is 0.376 e. The van der Waals surface area contributed by atoms with Crippen molar-refractivity contribution in [3.8, 4) is 0 Å². The van der Waals surface area contributed by atoms with Crippen LogP contribution in [-0.4, -0.2) is 17.4 Å². The molecule has 1 aromatic heterocycles. The van der Waals surface area contributed by atoms with Gasteiger partial charge >= 0.3 is 0 Å². The summed E-state index contributed by atoms with van der Waals surface area (Å²) < 4.78 is 5.41. The molecule has 1 aliphatic heterocycles. The molecule has 82 valence electrons. The van der Waals surface area contributed by atoms with Crippen molar-refractivity contribution < 1.29 is 9.53 Å². The summed E-state index contributed by atoms with van der Waals surface area (Å²) >= 11 is 0. The number of ketones is 1. The molecule has 0 unspecified atom stereocenters. The number of hydrogen-bond acceptors (Lipinski definition) is 2. The Morgan fingerprint density at radius 3 is 2.87 bits per heavy atom. The third-order valence-corrected chi connectivity index (χ3v) is 2.89. The van der Waals surface area contributed by atoms with Crippen LogP contribution in [0.3, 0.4) is 0 Å². The van der Waals surface area contributed by atoms with Crippen LogP contribution in [0, 0.1) is 12.8 Å². The minimum absolute atomic E-state index is 0.0468. The van der Waals surface area contributed by atoms with Crippen molar-refractivity contribution in [3.05, 3.63) is 22.5 Å². The van der Waals surface area contributed by atoms with E-state index in [1.54, 1.807) is 0 Å². The number of rotatable bonds is 2. The van der Waals surface area contributed by atoms with Gasteiger partial charge in [0.25, 0.3) is 0 Å². The lowest BCUT2D eigenvalue weighted by atomic mass is 9.96. The van der Waals surface area contributed by atoms with Gasteiger partial charge in [-0.1, -0.05) is 13.8 Å². The number of fused-ring (bicyclic) bond motifs is 1. The Balaban J connectivity index is 2.46. The smallest absolute Gasteiger partial charge is 0.167 e. The van der Waals surface area contributed by atoms with Gasteiger partial charge in [-0.25, -0.2) is 0 Å². The van der Waals surface area contributed by atoms with E-state index < -0.39 is 0 Å². The second-order valence-electron chi connectivity index (χ2n) is 4.40. The lowest BCUT2D eigenvalue weighted by molar-refractivity contribution is 0.0916. The number of aromatic amines is 1. The lowest BCUT2D eigenvalue weighted by Gasteiger charge is -2.14. The molecule has 3 nitrogen and oxygen atoms in total. The Bertz CT molecular complexity index is 391. The molecule has 2 heterocycles. The monoisotopic (exact) mass is 207 g/mol. The SMILES string of the molecule is Cc1[nH]c2c(c1C(=O)C(C)C)COCC2. The molecule has 0 aliphatic carbocycles. The molecule has 1 N–H and O–H groups in total. The first-order valence-corrected chi connectivity index (χ1v) is 5.43. The molecule has 0 saturated heterocycles. The van der Waals surface area contributed by atoms with Crippen molar-refractivity contribution >= 4 is 5.78 Å². The van der Waals surface area contributed by atoms with Crippen molar-refractivity contribution in [2.24, 2.45) is 5.92 Å². The summed E-state index contributed by atoms with van der Waals surface area (Å²) in [6, 6.07) is 0. The van der Waals surface area contributed by atoms with Crippen LogP contribution in [0.1, 0.15) is 41.2 Å². The quantitative estimate of drug-likeness (QED) is 0.756. The first-order valence-electron chi connectivity index (χ1n) is 5.43. The minimum atomic E-state index is 0.0468. The maximum absolute atomic E-state index is 12.0. The van der Waals surface area contributed by atoms with Crippen molar-refractivity contribution in [1.29, 1.82) is 0 Å². The zero-order valence-electron chi connectivity index (χ0n) is 9.52. The Hall–Kier alpha value is -1.09. The van der Waals surface area contributed by atoms with Gasteiger partial charge in [-0.2, -0.15) is 0 Å². The van der Waals surface area contributed by atoms with Gasteiger partial charge in [-0.3, -0.25) is 4.79 Å². The predicted molar refractivity (Wildman–Crippen MR) is 58.1 cm³/mol. The summed E-state index contributed by atoms with van der Waals surface area (Å²) in [7, 11) is 0. The highest BCUT2D eigenvalue weighted by Gasteiger charge is 2.24. The van der Waals surface area contributed by atoms with Crippen LogP contribution in [-0.2, 0) is 17.8 Å². The van der Waals surface area contributed by atoms with E-state index in [4.69, 9.17) is 4.74 Å². The molecule has 15 heavy (non-hydrogen) atoms. The summed E-state index contributed by atoms with van der Waals surface area (Å²) in [6.07, 6.45) is 0.890. The zero-order chi connectivity index (χ0) is 11.0. The summed E-state index contributed by atoms with van der Waals surface area (Å²) in [5, 5.41) is 0. The molecule has 0 radical (unpaired) electrons. The van der Waals surface area contributed by atoms with Gasteiger partial charge in [0.2, 0.25) is 0 Å². The molecular weight excluding hydrogens is 190 g/mol. The van der Waals surface area contributed by atoms with E-state index in [0.29, 0.717) is 6.61 Å². The molecule has 0 atom stereocenters. The predicted octanol–water partition coefficient (Wildman–Crippen LogP) is 2.23. The molecule has 0 fully saturated rings.